The number of thiophene rings is 1. The molecule has 62 heavy (non-hydrogen) atoms. The maximum absolute atomic E-state index is 14.3. The summed E-state index contributed by atoms with van der Waals surface area (Å²) in [6, 6.07) is 17.8. The first-order chi connectivity index (χ1) is 29.9. The second-order valence-corrected chi connectivity index (χ2v) is 18.5. The number of amides is 2. The summed E-state index contributed by atoms with van der Waals surface area (Å²) in [5, 5.41) is 38.5. The maximum Gasteiger partial charge on any atom is 0.243 e. The molecule has 0 aliphatic carbocycles. The van der Waals surface area contributed by atoms with E-state index in [0.29, 0.717) is 34.2 Å². The number of benzene rings is 2. The lowest BCUT2D eigenvalue weighted by Crippen LogP contribution is -2.48. The number of aliphatic hydroxyl groups excluding tert-OH is 1. The van der Waals surface area contributed by atoms with Gasteiger partial charge in [-0.25, -0.2) is 15.0 Å². The van der Waals surface area contributed by atoms with Gasteiger partial charge in [-0.15, -0.1) is 32.9 Å². The van der Waals surface area contributed by atoms with E-state index in [1.807, 2.05) is 75.7 Å². The molecular weight excluding hydrogens is 823 g/mol. The third-order valence-corrected chi connectivity index (χ3v) is 14.4. The molecule has 14 nitrogen and oxygen atoms in total. The summed E-state index contributed by atoms with van der Waals surface area (Å²) in [5.74, 6) is -0.119. The van der Waals surface area contributed by atoms with Crippen LogP contribution in [0.1, 0.15) is 78.9 Å². The molecule has 2 amide bonds. The molecule has 5 atom stereocenters. The third-order valence-electron chi connectivity index (χ3n) is 12.1. The van der Waals surface area contributed by atoms with Crippen molar-refractivity contribution >= 4 is 50.7 Å². The van der Waals surface area contributed by atoms with Gasteiger partial charge in [0.1, 0.15) is 34.0 Å². The van der Waals surface area contributed by atoms with Crippen LogP contribution in [0, 0.1) is 19.8 Å². The van der Waals surface area contributed by atoms with Gasteiger partial charge in [0, 0.05) is 71.8 Å². The Morgan fingerprint density at radius 2 is 1.71 bits per heavy atom. The minimum atomic E-state index is -0.840. The Morgan fingerprint density at radius 1 is 0.935 bits per heavy atom. The smallest absolute Gasteiger partial charge is 0.243 e. The van der Waals surface area contributed by atoms with Gasteiger partial charge < -0.3 is 29.9 Å². The van der Waals surface area contributed by atoms with Crippen molar-refractivity contribution in [2.24, 2.45) is 5.92 Å². The third kappa shape index (κ3) is 7.93. The molecule has 2 saturated heterocycles. The van der Waals surface area contributed by atoms with Gasteiger partial charge in [0.15, 0.2) is 0 Å². The Balaban J connectivity index is 0.852. The average molecular weight is 870 g/mol. The van der Waals surface area contributed by atoms with Gasteiger partial charge in [-0.05, 0) is 68.0 Å². The number of fused-ring (bicyclic) bond motifs is 1. The summed E-state index contributed by atoms with van der Waals surface area (Å²) in [6.07, 6.45) is 3.68. The largest absolute Gasteiger partial charge is 0.507 e. The van der Waals surface area contributed by atoms with Crippen LogP contribution in [0.4, 0.5) is 5.95 Å². The molecule has 9 rings (SSSR count). The number of carbonyl (C=O) groups is 2. The van der Waals surface area contributed by atoms with E-state index in [1.165, 1.54) is 15.3 Å². The number of aryl methyl sites for hydroxylation is 2. The van der Waals surface area contributed by atoms with Crippen molar-refractivity contribution in [3.8, 4) is 38.7 Å². The molecule has 2 aliphatic heterocycles. The fourth-order valence-corrected chi connectivity index (χ4v) is 10.8. The van der Waals surface area contributed by atoms with E-state index in [0.717, 1.165) is 51.4 Å². The Morgan fingerprint density at radius 3 is 2.44 bits per heavy atom. The van der Waals surface area contributed by atoms with Crippen LogP contribution in [-0.4, -0.2) is 89.0 Å². The number of carbonyl (C=O) groups excluding carboxylic acids is 2. The number of aliphatic hydroxyl groups is 1. The zero-order chi connectivity index (χ0) is 43.2. The highest BCUT2D eigenvalue weighted by molar-refractivity contribution is 7.19. The molecule has 7 heterocycles. The van der Waals surface area contributed by atoms with Crippen LogP contribution in [-0.2, 0) is 9.59 Å². The number of nitrogens with one attached hydrogen (secondary N) is 1. The highest BCUT2D eigenvalue weighted by atomic mass is 32.1. The highest BCUT2D eigenvalue weighted by Crippen LogP contribution is 2.41. The van der Waals surface area contributed by atoms with Crippen LogP contribution in [0.5, 0.6) is 5.75 Å². The Hall–Kier alpha value is -6.10. The van der Waals surface area contributed by atoms with Crippen LogP contribution in [0.2, 0.25) is 0 Å². The summed E-state index contributed by atoms with van der Waals surface area (Å²) in [6.45, 7) is 11.5. The number of thiazole rings is 1. The quantitative estimate of drug-likeness (QED) is 0.115. The predicted octanol–water partition coefficient (Wildman–Crippen LogP) is 7.82. The normalized spacial score (nSPS) is 18.8. The molecular formula is C46H47N9O5S2. The monoisotopic (exact) mass is 869 g/mol. The van der Waals surface area contributed by atoms with Crippen molar-refractivity contribution < 1.29 is 24.3 Å². The summed E-state index contributed by atoms with van der Waals surface area (Å²) in [4.78, 5) is 48.7. The second kappa shape index (κ2) is 17.0. The molecule has 1 unspecified atom stereocenters. The van der Waals surface area contributed by atoms with E-state index in [1.54, 1.807) is 53.3 Å². The van der Waals surface area contributed by atoms with Gasteiger partial charge in [0.05, 0.1) is 33.9 Å². The van der Waals surface area contributed by atoms with E-state index >= 15 is 0 Å². The molecule has 0 spiro atoms. The number of rotatable bonds is 11. The molecule has 2 fully saturated rings. The topological polar surface area (TPSA) is 184 Å². The van der Waals surface area contributed by atoms with E-state index in [-0.39, 0.29) is 48.4 Å². The number of nitrogens with zero attached hydrogens (tertiary/aromatic N) is 8. The number of aromatic nitrogens is 6. The number of β-amino-alcohol motifs (C(OH)–C–C–N with tert-alkyl or cyclic N) is 1. The number of para-hydroxylation sites is 1. The maximum atomic E-state index is 14.3. The van der Waals surface area contributed by atoms with Gasteiger partial charge in [0.25, 0.3) is 0 Å². The minimum absolute atomic E-state index is 0.0439. The van der Waals surface area contributed by atoms with Crippen molar-refractivity contribution in [2.45, 2.75) is 77.5 Å². The van der Waals surface area contributed by atoms with Gasteiger partial charge in [-0.1, -0.05) is 55.4 Å². The fourth-order valence-electron chi connectivity index (χ4n) is 8.71. The van der Waals surface area contributed by atoms with E-state index < -0.39 is 18.1 Å². The molecule has 5 aromatic heterocycles. The summed E-state index contributed by atoms with van der Waals surface area (Å²) < 4.78 is 5.83. The highest BCUT2D eigenvalue weighted by Gasteiger charge is 2.43. The number of anilines is 1. The molecule has 16 heteroatoms. The molecule has 0 radical (unpaired) electrons. The first-order valence-electron chi connectivity index (χ1n) is 20.8. The van der Waals surface area contributed by atoms with Crippen molar-refractivity contribution in [1.29, 1.82) is 0 Å². The molecule has 3 N–H and O–H groups in total. The van der Waals surface area contributed by atoms with Crippen LogP contribution in [0.3, 0.4) is 0 Å². The van der Waals surface area contributed by atoms with Crippen molar-refractivity contribution in [1.82, 2.24) is 40.5 Å². The van der Waals surface area contributed by atoms with Crippen molar-refractivity contribution in [2.75, 3.05) is 24.5 Å². The van der Waals surface area contributed by atoms with E-state index in [9.17, 15) is 19.8 Å². The van der Waals surface area contributed by atoms with E-state index in [2.05, 4.69) is 37.5 Å². The van der Waals surface area contributed by atoms with E-state index in [4.69, 9.17) is 14.5 Å². The van der Waals surface area contributed by atoms with Crippen molar-refractivity contribution in [3.05, 3.63) is 106 Å². The molecule has 2 aromatic carbocycles. The molecule has 2 aliphatic rings. The molecule has 318 valence electrons. The van der Waals surface area contributed by atoms with Crippen LogP contribution < -0.4 is 10.2 Å². The Bertz CT molecular complexity index is 2750. The van der Waals surface area contributed by atoms with Crippen LogP contribution in [0.15, 0.2) is 83.1 Å². The standard InChI is InChI=1S/C46H47N9O5S2/c1-24(2)40(45(59)55-22-32(56)16-37(55)43(58)50-26(4)28-10-12-29(13-11-28)42-27(5)49-23-61-42)39-18-35(53-60-39)31-19-47-46(48-20-31)54-15-14-30(21-54)41-25(3)34-17-36(51-52-44(34)62-41)33-8-6-7-9-38(33)57/h6-13,17-20,23-24,26,30,32,37,40,56-57H,14-16,21-22H2,1-5H3,(H,50,58)/t26-,30?,32+,37-,40+/m0/s1. The summed E-state index contributed by atoms with van der Waals surface area (Å²) in [7, 11) is 0. The molecule has 0 bridgehead atoms. The van der Waals surface area contributed by atoms with Crippen LogP contribution >= 0.6 is 22.7 Å². The number of hydrogen-bond acceptors (Lipinski definition) is 14. The SMILES string of the molecule is Cc1ncsc1-c1ccc([C@H](C)NC(=O)[C@@H]2C[C@@H](O)CN2C(=O)[C@@H](c2cc(-c3cnc(N4CCC(c5sc6nnc(-c7ccccc7O)cc6c5C)C4)nc3)no2)C(C)C)cc1. The van der Waals surface area contributed by atoms with Gasteiger partial charge in [-0.3, -0.25) is 9.59 Å². The number of aromatic hydroxyl groups is 1. The summed E-state index contributed by atoms with van der Waals surface area (Å²) >= 11 is 3.25. The Kier molecular flexibility index (Phi) is 11.3. The predicted molar refractivity (Wildman–Crippen MR) is 239 cm³/mol. The minimum Gasteiger partial charge on any atom is -0.507 e. The number of phenolic OH excluding ortho intramolecular Hbond substituents is 1. The number of hydrogen-bond donors (Lipinski definition) is 3. The van der Waals surface area contributed by atoms with Gasteiger partial charge in [-0.2, -0.15) is 0 Å². The van der Waals surface area contributed by atoms with Gasteiger partial charge in [0.2, 0.25) is 17.8 Å². The Labute approximate surface area is 366 Å². The number of likely N-dealkylation sites (tertiary alicyclic amines) is 1. The van der Waals surface area contributed by atoms with Gasteiger partial charge >= 0.3 is 0 Å². The lowest BCUT2D eigenvalue weighted by atomic mass is 9.91. The second-order valence-electron chi connectivity index (χ2n) is 16.6. The van der Waals surface area contributed by atoms with Crippen molar-refractivity contribution in [3.63, 3.8) is 0 Å². The first kappa shape index (κ1) is 41.3. The lowest BCUT2D eigenvalue weighted by Gasteiger charge is -2.29. The zero-order valence-corrected chi connectivity index (χ0v) is 36.7. The average Bonchev–Trinajstić information content (AvgIpc) is 4.13. The van der Waals surface area contributed by atoms with Crippen LogP contribution in [0.25, 0.3) is 43.2 Å². The lowest BCUT2D eigenvalue weighted by molar-refractivity contribution is -0.141. The zero-order valence-electron chi connectivity index (χ0n) is 35.0. The molecule has 7 aromatic rings. The molecule has 0 saturated carbocycles. The number of phenols is 1. The summed E-state index contributed by atoms with van der Waals surface area (Å²) in [5.41, 5.74) is 8.41. The fraction of sp³-hybridized carbons (Fsp3) is 0.348. The first-order valence-corrected chi connectivity index (χ1v) is 22.5.